The molecule has 0 radical (unpaired) electrons. The number of benzene rings is 3. The summed E-state index contributed by atoms with van der Waals surface area (Å²) >= 11 is 0. The first kappa shape index (κ1) is 25.4. The van der Waals surface area contributed by atoms with Crippen molar-refractivity contribution in [1.82, 2.24) is 10.6 Å². The monoisotopic (exact) mass is 478 g/mol. The molecule has 2 atom stereocenters. The molecule has 3 rings (SSSR count). The molecule has 0 unspecified atom stereocenters. The minimum Gasteiger partial charge on any atom is -0.489 e. The lowest BCUT2D eigenvalue weighted by Crippen LogP contribution is -2.52. The van der Waals surface area contributed by atoms with Gasteiger partial charge in [-0.1, -0.05) is 54.6 Å². The summed E-state index contributed by atoms with van der Waals surface area (Å²) in [5.41, 5.74) is 2.15. The quantitative estimate of drug-likeness (QED) is 0.392. The molecular weight excluding hydrogens is 451 g/mol. The molecule has 2 amide bonds. The van der Waals surface area contributed by atoms with E-state index in [-0.39, 0.29) is 12.8 Å². The zero-order valence-corrected chi connectivity index (χ0v) is 19.2. The van der Waals surface area contributed by atoms with Crippen LogP contribution in [0, 0.1) is 5.82 Å². The average Bonchev–Trinajstić information content (AvgIpc) is 2.82. The molecule has 8 heteroatoms. The number of hydrogen-bond acceptors (Lipinski definition) is 4. The Bertz CT molecular complexity index is 1170. The zero-order chi connectivity index (χ0) is 25.2. The predicted molar refractivity (Wildman–Crippen MR) is 128 cm³/mol. The number of aliphatic carboxylic acids is 1. The Hall–Kier alpha value is -4.20. The van der Waals surface area contributed by atoms with Crippen LogP contribution in [-0.4, -0.2) is 35.0 Å². The van der Waals surface area contributed by atoms with Crippen LogP contribution >= 0.6 is 0 Å². The van der Waals surface area contributed by atoms with Crippen LogP contribution in [0.2, 0.25) is 0 Å². The molecule has 7 nitrogen and oxygen atoms in total. The molecule has 0 heterocycles. The van der Waals surface area contributed by atoms with E-state index < -0.39 is 35.7 Å². The number of carboxylic acids is 1. The minimum absolute atomic E-state index is 0.0103. The standard InChI is InChI=1S/C27H27FN2O5/c1-18(31)29-24(15-20-9-5-11-22(28)13-20)26(32)30-25(27(33)34)16-21-10-6-12-23(14-21)35-17-19-7-3-2-4-8-19/h2-14,24-25H,15-17H2,1H3,(H,29,31)(H,30,32)(H,33,34)/t24-,25+/m0/s1. The SMILES string of the molecule is CC(=O)N[C@@H](Cc1cccc(F)c1)C(=O)N[C@H](Cc1cccc(OCc2ccccc2)c1)C(=O)O. The number of ether oxygens (including phenoxy) is 1. The number of nitrogens with one attached hydrogen (secondary N) is 2. The predicted octanol–water partition coefficient (Wildman–Crippen LogP) is 3.26. The van der Waals surface area contributed by atoms with E-state index in [1.165, 1.54) is 25.1 Å². The first-order valence-electron chi connectivity index (χ1n) is 11.1. The van der Waals surface area contributed by atoms with Gasteiger partial charge in [0.25, 0.3) is 0 Å². The fourth-order valence-corrected chi connectivity index (χ4v) is 3.57. The van der Waals surface area contributed by atoms with Gasteiger partial charge in [-0.3, -0.25) is 9.59 Å². The average molecular weight is 479 g/mol. The van der Waals surface area contributed by atoms with Crippen molar-refractivity contribution >= 4 is 17.8 Å². The summed E-state index contributed by atoms with van der Waals surface area (Å²) in [7, 11) is 0. The smallest absolute Gasteiger partial charge is 0.326 e. The highest BCUT2D eigenvalue weighted by Gasteiger charge is 2.26. The maximum absolute atomic E-state index is 13.5. The molecule has 0 aliphatic heterocycles. The maximum Gasteiger partial charge on any atom is 0.326 e. The number of hydrogen-bond donors (Lipinski definition) is 3. The summed E-state index contributed by atoms with van der Waals surface area (Å²) in [5, 5.41) is 14.7. The topological polar surface area (TPSA) is 105 Å². The minimum atomic E-state index is -1.24. The third-order valence-electron chi connectivity index (χ3n) is 5.22. The summed E-state index contributed by atoms with van der Waals surface area (Å²) in [6, 6.07) is 20.0. The van der Waals surface area contributed by atoms with Gasteiger partial charge in [-0.05, 0) is 41.0 Å². The summed E-state index contributed by atoms with van der Waals surface area (Å²) in [6.45, 7) is 1.61. The van der Waals surface area contributed by atoms with Gasteiger partial charge in [-0.2, -0.15) is 0 Å². The fourth-order valence-electron chi connectivity index (χ4n) is 3.57. The lowest BCUT2D eigenvalue weighted by atomic mass is 10.0. The lowest BCUT2D eigenvalue weighted by Gasteiger charge is -2.21. The molecule has 3 aromatic rings. The Morgan fingerprint density at radius 2 is 1.46 bits per heavy atom. The molecule has 0 aliphatic rings. The van der Waals surface area contributed by atoms with Gasteiger partial charge < -0.3 is 20.5 Å². The number of amides is 2. The van der Waals surface area contributed by atoms with Gasteiger partial charge in [0.2, 0.25) is 11.8 Å². The van der Waals surface area contributed by atoms with Crippen LogP contribution in [0.15, 0.2) is 78.9 Å². The van der Waals surface area contributed by atoms with Gasteiger partial charge in [0.05, 0.1) is 0 Å². The van der Waals surface area contributed by atoms with Crippen molar-refractivity contribution in [3.8, 4) is 5.75 Å². The van der Waals surface area contributed by atoms with E-state index in [0.717, 1.165) is 5.56 Å². The number of carbonyl (C=O) groups excluding carboxylic acids is 2. The van der Waals surface area contributed by atoms with Crippen LogP contribution in [0.25, 0.3) is 0 Å². The molecule has 0 fully saturated rings. The molecule has 0 aromatic heterocycles. The zero-order valence-electron chi connectivity index (χ0n) is 19.2. The molecule has 0 aliphatic carbocycles. The van der Waals surface area contributed by atoms with Crippen molar-refractivity contribution in [2.45, 2.75) is 38.5 Å². The van der Waals surface area contributed by atoms with E-state index in [4.69, 9.17) is 4.74 Å². The van der Waals surface area contributed by atoms with Crippen LogP contribution in [0.5, 0.6) is 5.75 Å². The van der Waals surface area contributed by atoms with Crippen LogP contribution < -0.4 is 15.4 Å². The summed E-state index contributed by atoms with van der Waals surface area (Å²) in [6.07, 6.45) is 0.0225. The Morgan fingerprint density at radius 3 is 2.11 bits per heavy atom. The van der Waals surface area contributed by atoms with E-state index in [0.29, 0.717) is 23.5 Å². The van der Waals surface area contributed by atoms with Gasteiger partial charge in [-0.15, -0.1) is 0 Å². The first-order valence-corrected chi connectivity index (χ1v) is 11.1. The highest BCUT2D eigenvalue weighted by molar-refractivity contribution is 5.90. The van der Waals surface area contributed by atoms with Gasteiger partial charge in [-0.25, -0.2) is 9.18 Å². The molecule has 0 saturated heterocycles. The molecule has 3 aromatic carbocycles. The van der Waals surface area contributed by atoms with Crippen LogP contribution in [0.1, 0.15) is 23.6 Å². The second-order valence-electron chi connectivity index (χ2n) is 8.11. The number of carbonyl (C=O) groups is 3. The number of carboxylic acid groups (broad SMARTS) is 1. The highest BCUT2D eigenvalue weighted by Crippen LogP contribution is 2.17. The molecule has 3 N–H and O–H groups in total. The van der Waals surface area contributed by atoms with Crippen LogP contribution in [0.3, 0.4) is 0 Å². The van der Waals surface area contributed by atoms with E-state index in [1.807, 2.05) is 30.3 Å². The van der Waals surface area contributed by atoms with Crippen molar-refractivity contribution in [2.75, 3.05) is 0 Å². The third-order valence-corrected chi connectivity index (χ3v) is 5.22. The van der Waals surface area contributed by atoms with Crippen molar-refractivity contribution < 1.29 is 28.6 Å². The lowest BCUT2D eigenvalue weighted by molar-refractivity contribution is -0.142. The Labute approximate surface area is 202 Å². The fraction of sp³-hybridized carbons (Fsp3) is 0.222. The third kappa shape index (κ3) is 8.26. The highest BCUT2D eigenvalue weighted by atomic mass is 19.1. The normalized spacial score (nSPS) is 12.3. The molecule has 0 saturated carbocycles. The summed E-state index contributed by atoms with van der Waals surface area (Å²) in [4.78, 5) is 36.4. The van der Waals surface area contributed by atoms with E-state index in [1.54, 1.807) is 30.3 Å². The molecular formula is C27H27FN2O5. The molecule has 35 heavy (non-hydrogen) atoms. The maximum atomic E-state index is 13.5. The van der Waals surface area contributed by atoms with E-state index in [2.05, 4.69) is 10.6 Å². The van der Waals surface area contributed by atoms with Gasteiger partial charge in [0, 0.05) is 19.8 Å². The number of halogens is 1. The molecule has 0 bridgehead atoms. The largest absolute Gasteiger partial charge is 0.489 e. The first-order chi connectivity index (χ1) is 16.8. The van der Waals surface area contributed by atoms with Crippen molar-refractivity contribution in [3.05, 3.63) is 101 Å². The van der Waals surface area contributed by atoms with Crippen molar-refractivity contribution in [1.29, 1.82) is 0 Å². The Balaban J connectivity index is 1.67. The summed E-state index contributed by atoms with van der Waals surface area (Å²) < 4.78 is 19.3. The van der Waals surface area contributed by atoms with Crippen molar-refractivity contribution in [2.24, 2.45) is 0 Å². The molecule has 182 valence electrons. The van der Waals surface area contributed by atoms with Gasteiger partial charge in [0.15, 0.2) is 0 Å². The van der Waals surface area contributed by atoms with E-state index in [9.17, 15) is 23.9 Å². The van der Waals surface area contributed by atoms with Crippen LogP contribution in [-0.2, 0) is 33.8 Å². The Kier molecular flexibility index (Phi) is 8.95. The Morgan fingerprint density at radius 1 is 0.829 bits per heavy atom. The second kappa shape index (κ2) is 12.3. The van der Waals surface area contributed by atoms with E-state index >= 15 is 0 Å². The van der Waals surface area contributed by atoms with Gasteiger partial charge >= 0.3 is 5.97 Å². The van der Waals surface area contributed by atoms with Crippen molar-refractivity contribution in [3.63, 3.8) is 0 Å². The van der Waals surface area contributed by atoms with Crippen LogP contribution in [0.4, 0.5) is 4.39 Å². The number of rotatable bonds is 11. The second-order valence-corrected chi connectivity index (χ2v) is 8.11. The molecule has 0 spiro atoms. The van der Waals surface area contributed by atoms with Gasteiger partial charge in [0.1, 0.15) is 30.3 Å². The summed E-state index contributed by atoms with van der Waals surface area (Å²) in [5.74, 6) is -2.25.